The summed E-state index contributed by atoms with van der Waals surface area (Å²) >= 11 is 1.82. The molecular formula is C47H32N2S. The van der Waals surface area contributed by atoms with Crippen LogP contribution in [0.4, 0.5) is 0 Å². The topological polar surface area (TPSA) is 17.8 Å². The number of rotatable bonds is 5. The van der Waals surface area contributed by atoms with E-state index in [1.54, 1.807) is 10.6 Å². The lowest BCUT2D eigenvalue weighted by Crippen LogP contribution is -2.00. The van der Waals surface area contributed by atoms with Gasteiger partial charge in [-0.05, 0) is 103 Å². The van der Waals surface area contributed by atoms with E-state index in [0.717, 1.165) is 49.4 Å². The standard InChI is InChI=1S/C47H32N2S/c1-2-45-48-41-17-9-10-18-42(41)49(45)34-24-20-31(21-25-34)46-36-15-6-7-16-37(36)47(40-28-32(22-26-38(40)46)30-12-4-3-5-13-30)33-23-27-44-39(29-33)35-14-8-11-19-43(35)50-44/h3-29H,2H2,1H3/i1D3,2D2. The van der Waals surface area contributed by atoms with Crippen molar-refractivity contribution in [3.63, 3.8) is 0 Å². The van der Waals surface area contributed by atoms with Gasteiger partial charge in [-0.25, -0.2) is 4.98 Å². The van der Waals surface area contributed by atoms with Gasteiger partial charge in [0.15, 0.2) is 0 Å². The lowest BCUT2D eigenvalue weighted by atomic mass is 9.84. The monoisotopic (exact) mass is 661 g/mol. The molecule has 8 aromatic carbocycles. The Labute approximate surface area is 301 Å². The number of aryl methyl sites for hydroxylation is 1. The number of nitrogens with zero attached hydrogens (tertiary/aromatic N) is 2. The Morgan fingerprint density at radius 2 is 1.14 bits per heavy atom. The molecule has 236 valence electrons. The van der Waals surface area contributed by atoms with Gasteiger partial charge in [0.25, 0.3) is 0 Å². The number of hydrogen-bond acceptors (Lipinski definition) is 2. The first-order chi connectivity index (χ1) is 26.7. The Balaban J connectivity index is 1.22. The predicted octanol–water partition coefficient (Wildman–Crippen LogP) is 13.3. The number of hydrogen-bond donors (Lipinski definition) is 0. The zero-order valence-electron chi connectivity index (χ0n) is 31.9. The minimum atomic E-state index is -2.91. The Morgan fingerprint density at radius 1 is 0.520 bits per heavy atom. The number of thiophene rings is 1. The second kappa shape index (κ2) is 11.5. The molecule has 0 saturated heterocycles. The summed E-state index contributed by atoms with van der Waals surface area (Å²) in [7, 11) is 0. The van der Waals surface area contributed by atoms with E-state index in [1.807, 2.05) is 59.9 Å². The van der Waals surface area contributed by atoms with Gasteiger partial charge in [0, 0.05) is 39.1 Å². The summed E-state index contributed by atoms with van der Waals surface area (Å²) in [5, 5.41) is 7.04. The average molecular weight is 662 g/mol. The van der Waals surface area contributed by atoms with Crippen molar-refractivity contribution in [2.24, 2.45) is 0 Å². The van der Waals surface area contributed by atoms with Crippen molar-refractivity contribution in [1.82, 2.24) is 9.55 Å². The van der Waals surface area contributed by atoms with Crippen molar-refractivity contribution >= 4 is 64.1 Å². The molecule has 0 atom stereocenters. The van der Waals surface area contributed by atoms with Crippen LogP contribution in [0, 0.1) is 0 Å². The van der Waals surface area contributed by atoms with E-state index in [2.05, 4.69) is 114 Å². The Kier molecular flexibility index (Phi) is 5.58. The van der Waals surface area contributed by atoms with Gasteiger partial charge < -0.3 is 0 Å². The Bertz CT molecular complexity index is 3110. The van der Waals surface area contributed by atoms with Crippen LogP contribution in [0.25, 0.3) is 91.8 Å². The summed E-state index contributed by atoms with van der Waals surface area (Å²) < 4.78 is 45.6. The van der Waals surface area contributed by atoms with Crippen LogP contribution in [0.15, 0.2) is 164 Å². The van der Waals surface area contributed by atoms with Crippen LogP contribution in [0.5, 0.6) is 0 Å². The summed E-state index contributed by atoms with van der Waals surface area (Å²) in [6.45, 7) is -2.91. The van der Waals surface area contributed by atoms with Crippen molar-refractivity contribution < 1.29 is 6.85 Å². The molecule has 0 bridgehead atoms. The van der Waals surface area contributed by atoms with Gasteiger partial charge in [0.05, 0.1) is 11.0 Å². The van der Waals surface area contributed by atoms with Crippen molar-refractivity contribution in [3.8, 4) is 39.1 Å². The third-order valence-electron chi connectivity index (χ3n) is 9.88. The number of fused-ring (bicyclic) bond motifs is 6. The third kappa shape index (κ3) is 4.51. The molecule has 50 heavy (non-hydrogen) atoms. The molecule has 10 rings (SSSR count). The molecule has 0 aliphatic heterocycles. The highest BCUT2D eigenvalue weighted by Gasteiger charge is 2.19. The molecule has 0 saturated carbocycles. The van der Waals surface area contributed by atoms with Crippen LogP contribution in [-0.2, 0) is 6.37 Å². The second-order valence-corrected chi connectivity index (χ2v) is 13.7. The highest BCUT2D eigenvalue weighted by atomic mass is 32.1. The zero-order valence-corrected chi connectivity index (χ0v) is 27.7. The van der Waals surface area contributed by atoms with Crippen LogP contribution in [0.1, 0.15) is 19.5 Å². The molecule has 10 aromatic rings. The highest BCUT2D eigenvalue weighted by Crippen LogP contribution is 2.46. The van der Waals surface area contributed by atoms with Crippen LogP contribution in [-0.4, -0.2) is 9.55 Å². The van der Waals surface area contributed by atoms with Crippen molar-refractivity contribution in [2.75, 3.05) is 0 Å². The second-order valence-electron chi connectivity index (χ2n) is 12.7. The van der Waals surface area contributed by atoms with E-state index in [-0.39, 0.29) is 5.82 Å². The Morgan fingerprint density at radius 3 is 1.96 bits per heavy atom. The SMILES string of the molecule is [2H]C([2H])([2H])C([2H])([2H])c1nc2ccccc2n1-c1ccc(-c2c3ccccc3c(-c3ccc4sc5ccccc5c4c3)c3cc(-c4ccccc4)ccc23)cc1. The highest BCUT2D eigenvalue weighted by molar-refractivity contribution is 7.25. The third-order valence-corrected chi connectivity index (χ3v) is 11.0. The number of aromatic nitrogens is 2. The van der Waals surface area contributed by atoms with Crippen molar-refractivity contribution in [2.45, 2.75) is 13.2 Å². The molecule has 3 heteroatoms. The van der Waals surface area contributed by atoms with Gasteiger partial charge in [-0.15, -0.1) is 11.3 Å². The molecule has 2 heterocycles. The number of imidazole rings is 1. The maximum Gasteiger partial charge on any atom is 0.114 e. The van der Waals surface area contributed by atoms with E-state index < -0.39 is 13.2 Å². The maximum absolute atomic E-state index is 8.67. The van der Waals surface area contributed by atoms with Crippen molar-refractivity contribution in [1.29, 1.82) is 0 Å². The van der Waals surface area contributed by atoms with Gasteiger partial charge in [-0.2, -0.15) is 0 Å². The quantitative estimate of drug-likeness (QED) is 0.168. The summed E-state index contributed by atoms with van der Waals surface area (Å²) in [4.78, 5) is 4.52. The van der Waals surface area contributed by atoms with Crippen molar-refractivity contribution in [3.05, 3.63) is 170 Å². The minimum absolute atomic E-state index is 0.148. The fourth-order valence-corrected chi connectivity index (χ4v) is 8.73. The minimum Gasteiger partial charge on any atom is -0.296 e. The van der Waals surface area contributed by atoms with Gasteiger partial charge in [-0.3, -0.25) is 4.57 Å². The van der Waals surface area contributed by atoms with Gasteiger partial charge in [0.1, 0.15) is 5.82 Å². The fourth-order valence-electron chi connectivity index (χ4n) is 7.64. The summed E-state index contributed by atoms with van der Waals surface area (Å²) in [6.07, 6.45) is -2.68. The van der Waals surface area contributed by atoms with Crippen LogP contribution >= 0.6 is 11.3 Å². The fraction of sp³-hybridized carbons (Fsp3) is 0.0426. The molecule has 0 aliphatic carbocycles. The van der Waals surface area contributed by atoms with E-state index in [1.165, 1.54) is 25.7 Å². The van der Waals surface area contributed by atoms with Gasteiger partial charge in [0.2, 0.25) is 0 Å². The Hall–Kier alpha value is -6.03. The normalized spacial score (nSPS) is 13.8. The molecule has 0 N–H and O–H groups in total. The summed E-state index contributed by atoms with van der Waals surface area (Å²) in [5.41, 5.74) is 8.52. The first-order valence-electron chi connectivity index (χ1n) is 19.2. The lowest BCUT2D eigenvalue weighted by molar-refractivity contribution is 0.908. The van der Waals surface area contributed by atoms with Gasteiger partial charge >= 0.3 is 0 Å². The van der Waals surface area contributed by atoms with E-state index in [9.17, 15) is 0 Å². The lowest BCUT2D eigenvalue weighted by Gasteiger charge is -2.19. The van der Waals surface area contributed by atoms with Crippen LogP contribution in [0.2, 0.25) is 0 Å². The average Bonchev–Trinajstić information content (AvgIpc) is 3.79. The van der Waals surface area contributed by atoms with E-state index in [4.69, 9.17) is 6.85 Å². The molecule has 0 fully saturated rings. The molecule has 0 unspecified atom stereocenters. The first-order valence-corrected chi connectivity index (χ1v) is 17.5. The first kappa shape index (κ1) is 24.2. The maximum atomic E-state index is 8.67. The molecule has 0 amide bonds. The number of para-hydroxylation sites is 2. The zero-order chi connectivity index (χ0) is 37.5. The molecule has 0 radical (unpaired) electrons. The van der Waals surface area contributed by atoms with E-state index >= 15 is 0 Å². The molecule has 0 spiro atoms. The molecule has 0 aliphatic rings. The summed E-state index contributed by atoms with van der Waals surface area (Å²) in [5.74, 6) is -0.148. The van der Waals surface area contributed by atoms with Crippen LogP contribution < -0.4 is 0 Å². The molecular weight excluding hydrogens is 625 g/mol. The largest absolute Gasteiger partial charge is 0.296 e. The smallest absolute Gasteiger partial charge is 0.114 e. The number of benzene rings is 8. The van der Waals surface area contributed by atoms with E-state index in [0.29, 0.717) is 16.7 Å². The van der Waals surface area contributed by atoms with Crippen LogP contribution in [0.3, 0.4) is 0 Å². The summed E-state index contributed by atoms with van der Waals surface area (Å²) in [6, 6.07) is 56.6. The molecule has 2 aromatic heterocycles. The predicted molar refractivity (Wildman–Crippen MR) is 215 cm³/mol. The molecule has 2 nitrogen and oxygen atoms in total. The van der Waals surface area contributed by atoms with Gasteiger partial charge in [-0.1, -0.05) is 122 Å².